The van der Waals surface area contributed by atoms with Crippen LogP contribution in [0.2, 0.25) is 0 Å². The van der Waals surface area contributed by atoms with Gasteiger partial charge in [-0.15, -0.1) is 0 Å². The molecule has 2 nitrogen and oxygen atoms in total. The molecule has 0 radical (unpaired) electrons. The van der Waals surface area contributed by atoms with E-state index in [1.165, 1.54) is 0 Å². The first-order valence-electron chi connectivity index (χ1n) is 5.57. The van der Waals surface area contributed by atoms with Crippen LogP contribution < -0.4 is 0 Å². The smallest absolute Gasteiger partial charge is 0.169 e. The summed E-state index contributed by atoms with van der Waals surface area (Å²) >= 11 is 0. The minimum absolute atomic E-state index is 0.0787. The van der Waals surface area contributed by atoms with E-state index in [-0.39, 0.29) is 23.1 Å². The molecule has 1 fully saturated rings. The van der Waals surface area contributed by atoms with Crippen molar-refractivity contribution < 1.29 is 13.9 Å². The Labute approximate surface area is 94.4 Å². The van der Waals surface area contributed by atoms with Gasteiger partial charge < -0.3 is 4.74 Å². The zero-order chi connectivity index (χ0) is 11.5. The van der Waals surface area contributed by atoms with Crippen molar-refractivity contribution in [3.8, 4) is 0 Å². The van der Waals surface area contributed by atoms with E-state index in [4.69, 9.17) is 4.74 Å². The lowest BCUT2D eigenvalue weighted by Gasteiger charge is -2.21. The van der Waals surface area contributed by atoms with Crippen LogP contribution in [0.3, 0.4) is 0 Å². The molecule has 0 unspecified atom stereocenters. The number of aryl methyl sites for hydroxylation is 1. The van der Waals surface area contributed by atoms with Crippen molar-refractivity contribution in [1.82, 2.24) is 0 Å². The second kappa shape index (κ2) is 4.74. The van der Waals surface area contributed by atoms with Crippen LogP contribution in [0.5, 0.6) is 0 Å². The number of hydrogen-bond acceptors (Lipinski definition) is 2. The largest absolute Gasteiger partial charge is 0.381 e. The number of carbonyl (C=O) groups excluding carboxylic acids is 1. The summed E-state index contributed by atoms with van der Waals surface area (Å²) in [5.74, 6) is -0.534. The standard InChI is InChI=1S/C13H15FO2/c1-9-3-2-4-11(12(9)14)13(15)10-5-7-16-8-6-10/h2-4,10H,5-8H2,1H3. The quantitative estimate of drug-likeness (QED) is 0.719. The normalized spacial score (nSPS) is 17.4. The van der Waals surface area contributed by atoms with E-state index in [0.717, 1.165) is 0 Å². The molecule has 1 aliphatic heterocycles. The summed E-state index contributed by atoms with van der Waals surface area (Å²) in [6.45, 7) is 2.88. The molecule has 0 saturated carbocycles. The van der Waals surface area contributed by atoms with Gasteiger partial charge in [0, 0.05) is 19.1 Å². The van der Waals surface area contributed by atoms with Gasteiger partial charge in [0.1, 0.15) is 5.82 Å². The molecule has 0 aliphatic carbocycles. The number of ketones is 1. The number of hydrogen-bond donors (Lipinski definition) is 0. The average molecular weight is 222 g/mol. The second-order valence-corrected chi connectivity index (χ2v) is 4.19. The minimum atomic E-state index is -0.376. The summed E-state index contributed by atoms with van der Waals surface area (Å²) in [4.78, 5) is 12.1. The van der Waals surface area contributed by atoms with Crippen molar-refractivity contribution in [2.45, 2.75) is 19.8 Å². The van der Waals surface area contributed by atoms with Crippen LogP contribution in [-0.2, 0) is 4.74 Å². The molecule has 0 aromatic heterocycles. The van der Waals surface area contributed by atoms with Crippen LogP contribution in [0.1, 0.15) is 28.8 Å². The minimum Gasteiger partial charge on any atom is -0.381 e. The molecule has 1 heterocycles. The van der Waals surface area contributed by atoms with Crippen LogP contribution in [0.25, 0.3) is 0 Å². The molecule has 2 rings (SSSR count). The monoisotopic (exact) mass is 222 g/mol. The van der Waals surface area contributed by atoms with E-state index in [1.807, 2.05) is 0 Å². The van der Waals surface area contributed by atoms with Gasteiger partial charge >= 0.3 is 0 Å². The highest BCUT2D eigenvalue weighted by atomic mass is 19.1. The van der Waals surface area contributed by atoms with Crippen LogP contribution in [-0.4, -0.2) is 19.0 Å². The maximum Gasteiger partial charge on any atom is 0.169 e. The first kappa shape index (κ1) is 11.3. The Hall–Kier alpha value is -1.22. The van der Waals surface area contributed by atoms with Crippen LogP contribution in [0.4, 0.5) is 4.39 Å². The first-order chi connectivity index (χ1) is 7.70. The summed E-state index contributed by atoms with van der Waals surface area (Å²) in [5, 5.41) is 0. The van der Waals surface area contributed by atoms with Gasteiger partial charge in [-0.3, -0.25) is 4.79 Å². The summed E-state index contributed by atoms with van der Waals surface area (Å²) in [7, 11) is 0. The predicted octanol–water partition coefficient (Wildman–Crippen LogP) is 2.74. The highest BCUT2D eigenvalue weighted by Gasteiger charge is 2.25. The van der Waals surface area contributed by atoms with Crippen LogP contribution in [0.15, 0.2) is 18.2 Å². The molecule has 1 aromatic rings. The number of carbonyl (C=O) groups is 1. The fourth-order valence-corrected chi connectivity index (χ4v) is 2.02. The highest BCUT2D eigenvalue weighted by molar-refractivity contribution is 5.98. The van der Waals surface area contributed by atoms with Gasteiger partial charge in [0.2, 0.25) is 0 Å². The molecular formula is C13H15FO2. The molecule has 0 bridgehead atoms. The molecular weight excluding hydrogens is 207 g/mol. The Kier molecular flexibility index (Phi) is 3.34. The second-order valence-electron chi connectivity index (χ2n) is 4.19. The van der Waals surface area contributed by atoms with Crippen LogP contribution >= 0.6 is 0 Å². The van der Waals surface area contributed by atoms with E-state index in [1.54, 1.807) is 25.1 Å². The maximum absolute atomic E-state index is 13.8. The van der Waals surface area contributed by atoms with Crippen molar-refractivity contribution in [3.05, 3.63) is 35.1 Å². The average Bonchev–Trinajstić information content (AvgIpc) is 2.33. The SMILES string of the molecule is Cc1cccc(C(=O)C2CCOCC2)c1F. The zero-order valence-electron chi connectivity index (χ0n) is 9.33. The van der Waals surface area contributed by atoms with Gasteiger partial charge in [0.25, 0.3) is 0 Å². The van der Waals surface area contributed by atoms with Crippen molar-refractivity contribution in [2.24, 2.45) is 5.92 Å². The molecule has 0 atom stereocenters. The summed E-state index contributed by atoms with van der Waals surface area (Å²) in [6.07, 6.45) is 1.40. The molecule has 3 heteroatoms. The Bertz CT molecular complexity index is 395. The Morgan fingerprint density at radius 1 is 1.38 bits per heavy atom. The van der Waals surface area contributed by atoms with E-state index >= 15 is 0 Å². The van der Waals surface area contributed by atoms with Gasteiger partial charge in [0.05, 0.1) is 5.56 Å². The Morgan fingerprint density at radius 3 is 2.75 bits per heavy atom. The molecule has 16 heavy (non-hydrogen) atoms. The van der Waals surface area contributed by atoms with Gasteiger partial charge in [-0.05, 0) is 31.4 Å². The number of Topliss-reactive ketones (excluding diaryl/α,β-unsaturated/α-hetero) is 1. The van der Waals surface area contributed by atoms with Crippen molar-refractivity contribution in [3.63, 3.8) is 0 Å². The molecule has 0 spiro atoms. The van der Waals surface area contributed by atoms with Gasteiger partial charge in [0.15, 0.2) is 5.78 Å². The summed E-state index contributed by atoms with van der Waals surface area (Å²) in [5.41, 5.74) is 0.754. The van der Waals surface area contributed by atoms with Gasteiger partial charge in [-0.1, -0.05) is 12.1 Å². The number of halogens is 1. The number of ether oxygens (including phenoxy) is 1. The molecule has 1 saturated heterocycles. The third kappa shape index (κ3) is 2.14. The first-order valence-corrected chi connectivity index (χ1v) is 5.57. The highest BCUT2D eigenvalue weighted by Crippen LogP contribution is 2.22. The Balaban J connectivity index is 2.22. The third-order valence-electron chi connectivity index (χ3n) is 3.05. The van der Waals surface area contributed by atoms with E-state index in [0.29, 0.717) is 31.6 Å². The fourth-order valence-electron chi connectivity index (χ4n) is 2.02. The lowest BCUT2D eigenvalue weighted by Crippen LogP contribution is -2.24. The molecule has 0 amide bonds. The molecule has 1 aliphatic rings. The van der Waals surface area contributed by atoms with Crippen molar-refractivity contribution in [1.29, 1.82) is 0 Å². The maximum atomic E-state index is 13.8. The molecule has 0 N–H and O–H groups in total. The fraction of sp³-hybridized carbons (Fsp3) is 0.462. The summed E-state index contributed by atoms with van der Waals surface area (Å²) in [6, 6.07) is 4.97. The van der Waals surface area contributed by atoms with Crippen molar-refractivity contribution in [2.75, 3.05) is 13.2 Å². The van der Waals surface area contributed by atoms with Gasteiger partial charge in [-0.25, -0.2) is 4.39 Å². The number of rotatable bonds is 2. The molecule has 1 aromatic carbocycles. The topological polar surface area (TPSA) is 26.3 Å². The van der Waals surface area contributed by atoms with E-state index < -0.39 is 0 Å². The third-order valence-corrected chi connectivity index (χ3v) is 3.05. The number of benzene rings is 1. The summed E-state index contributed by atoms with van der Waals surface area (Å²) < 4.78 is 18.9. The van der Waals surface area contributed by atoms with Crippen molar-refractivity contribution >= 4 is 5.78 Å². The van der Waals surface area contributed by atoms with Gasteiger partial charge in [-0.2, -0.15) is 0 Å². The zero-order valence-corrected chi connectivity index (χ0v) is 9.33. The van der Waals surface area contributed by atoms with E-state index in [9.17, 15) is 9.18 Å². The lowest BCUT2D eigenvalue weighted by atomic mass is 9.90. The molecule has 86 valence electrons. The predicted molar refractivity (Wildman–Crippen MR) is 59.0 cm³/mol. The Morgan fingerprint density at radius 2 is 2.06 bits per heavy atom. The van der Waals surface area contributed by atoms with Crippen LogP contribution in [0, 0.1) is 18.7 Å². The van der Waals surface area contributed by atoms with E-state index in [2.05, 4.69) is 0 Å². The lowest BCUT2D eigenvalue weighted by molar-refractivity contribution is 0.0542.